The first-order chi connectivity index (χ1) is 16.9. The number of fused-ring (bicyclic) bond motifs is 1. The van der Waals surface area contributed by atoms with Crippen molar-refractivity contribution in [1.29, 1.82) is 0 Å². The monoisotopic (exact) mass is 472 g/mol. The Morgan fingerprint density at radius 3 is 2.46 bits per heavy atom. The summed E-state index contributed by atoms with van der Waals surface area (Å²) in [6.45, 7) is 4.42. The number of halogens is 1. The fourth-order valence-electron chi connectivity index (χ4n) is 4.51. The van der Waals surface area contributed by atoms with Gasteiger partial charge in [-0.25, -0.2) is 4.39 Å². The Bertz CT molecular complexity index is 1290. The van der Waals surface area contributed by atoms with Crippen LogP contribution in [0, 0.1) is 5.82 Å². The number of pyridine rings is 1. The molecule has 1 aliphatic rings. The number of benzene rings is 2. The van der Waals surface area contributed by atoms with Gasteiger partial charge >= 0.3 is 0 Å². The van der Waals surface area contributed by atoms with Crippen LogP contribution in [0.25, 0.3) is 17.2 Å². The van der Waals surface area contributed by atoms with Gasteiger partial charge in [0, 0.05) is 24.5 Å². The number of carbonyl (C=O) groups is 1. The number of nitrogens with one attached hydrogen (secondary N) is 1. The van der Waals surface area contributed by atoms with Crippen LogP contribution < -0.4 is 14.8 Å². The molecule has 1 N–H and O–H groups in total. The summed E-state index contributed by atoms with van der Waals surface area (Å²) in [5.74, 6) is 1.05. The lowest BCUT2D eigenvalue weighted by Crippen LogP contribution is -2.22. The van der Waals surface area contributed by atoms with Gasteiger partial charge in [0.1, 0.15) is 17.3 Å². The molecule has 0 saturated heterocycles. The normalized spacial score (nSPS) is 13.7. The highest BCUT2D eigenvalue weighted by atomic mass is 19.1. The fourth-order valence-corrected chi connectivity index (χ4v) is 4.51. The zero-order chi connectivity index (χ0) is 24.9. The van der Waals surface area contributed by atoms with Gasteiger partial charge in [0.05, 0.1) is 20.6 Å². The Kier molecular flexibility index (Phi) is 7.30. The van der Waals surface area contributed by atoms with Crippen molar-refractivity contribution >= 4 is 23.1 Å². The average Bonchev–Trinajstić information content (AvgIpc) is 3.12. The maximum Gasteiger partial charge on any atom is 0.224 e. The lowest BCUT2D eigenvalue weighted by atomic mass is 9.99. The van der Waals surface area contributed by atoms with Gasteiger partial charge in [0.25, 0.3) is 0 Å². The van der Waals surface area contributed by atoms with E-state index in [1.54, 1.807) is 32.7 Å². The molecule has 0 bridgehead atoms. The molecule has 0 atom stereocenters. The molecule has 0 aliphatic heterocycles. The zero-order valence-electron chi connectivity index (χ0n) is 20.4. The highest BCUT2D eigenvalue weighted by molar-refractivity contribution is 6.08. The number of allylic oxidation sites excluding steroid dienone is 2. The van der Waals surface area contributed by atoms with Crippen molar-refractivity contribution in [2.45, 2.75) is 33.2 Å². The first-order valence-electron chi connectivity index (χ1n) is 11.6. The van der Waals surface area contributed by atoms with Gasteiger partial charge in [0.2, 0.25) is 5.91 Å². The largest absolute Gasteiger partial charge is 0.496 e. The summed E-state index contributed by atoms with van der Waals surface area (Å²) in [5.41, 5.74) is 7.18. The van der Waals surface area contributed by atoms with Crippen molar-refractivity contribution in [3.05, 3.63) is 94.1 Å². The second-order valence-electron chi connectivity index (χ2n) is 8.42. The fraction of sp³-hybridized carbons (Fsp3) is 0.241. The number of hydrogen-bond donors (Lipinski definition) is 1. The van der Waals surface area contributed by atoms with E-state index in [0.717, 1.165) is 62.5 Å². The molecule has 5 nitrogen and oxygen atoms in total. The quantitative estimate of drug-likeness (QED) is 0.448. The van der Waals surface area contributed by atoms with E-state index in [4.69, 9.17) is 9.47 Å². The molecule has 1 heterocycles. The van der Waals surface area contributed by atoms with E-state index in [0.29, 0.717) is 6.54 Å². The van der Waals surface area contributed by atoms with Crippen molar-refractivity contribution in [1.82, 2.24) is 10.3 Å². The SMILES string of the molecule is CCc1c(OC)cc(/C=C2/C(C)=C(CC(=O)NCc3cccnc3)c3cc(F)ccc32)cc1OC. The number of methoxy groups -OCH3 is 2. The van der Waals surface area contributed by atoms with Crippen LogP contribution in [0.5, 0.6) is 11.5 Å². The van der Waals surface area contributed by atoms with Crippen LogP contribution in [0.15, 0.2) is 60.4 Å². The molecule has 4 rings (SSSR count). The summed E-state index contributed by atoms with van der Waals surface area (Å²) in [4.78, 5) is 16.9. The molecule has 1 amide bonds. The second kappa shape index (κ2) is 10.6. The smallest absolute Gasteiger partial charge is 0.224 e. The van der Waals surface area contributed by atoms with Crippen molar-refractivity contribution in [3.63, 3.8) is 0 Å². The molecule has 0 radical (unpaired) electrons. The summed E-state index contributed by atoms with van der Waals surface area (Å²) in [7, 11) is 3.29. The summed E-state index contributed by atoms with van der Waals surface area (Å²) in [6.07, 6.45) is 6.39. The molecule has 0 unspecified atom stereocenters. The van der Waals surface area contributed by atoms with Crippen LogP contribution in [-0.2, 0) is 17.8 Å². The van der Waals surface area contributed by atoms with Crippen molar-refractivity contribution in [2.24, 2.45) is 0 Å². The van der Waals surface area contributed by atoms with Crippen molar-refractivity contribution in [3.8, 4) is 11.5 Å². The maximum absolute atomic E-state index is 14.2. The molecule has 3 aromatic rings. The molecule has 0 spiro atoms. The first-order valence-corrected chi connectivity index (χ1v) is 11.6. The number of nitrogens with zero attached hydrogens (tertiary/aromatic N) is 1. The van der Waals surface area contributed by atoms with E-state index in [2.05, 4.69) is 17.2 Å². The minimum absolute atomic E-state index is 0.129. The van der Waals surface area contributed by atoms with Gasteiger partial charge in [0.15, 0.2) is 0 Å². The topological polar surface area (TPSA) is 60.5 Å². The molecule has 0 fully saturated rings. The molecule has 1 aliphatic carbocycles. The molecular weight excluding hydrogens is 443 g/mol. The Balaban J connectivity index is 1.69. The average molecular weight is 473 g/mol. The Morgan fingerprint density at radius 1 is 1.09 bits per heavy atom. The number of rotatable bonds is 8. The van der Waals surface area contributed by atoms with Gasteiger partial charge in [-0.1, -0.05) is 19.1 Å². The maximum atomic E-state index is 14.2. The summed E-state index contributed by atoms with van der Waals surface area (Å²) in [6, 6.07) is 12.4. The number of aromatic nitrogens is 1. The van der Waals surface area contributed by atoms with Crippen molar-refractivity contribution in [2.75, 3.05) is 14.2 Å². The Hall–Kier alpha value is -3.93. The molecule has 180 valence electrons. The second-order valence-corrected chi connectivity index (χ2v) is 8.42. The Morgan fingerprint density at radius 2 is 1.83 bits per heavy atom. The number of amides is 1. The molecule has 35 heavy (non-hydrogen) atoms. The van der Waals surface area contributed by atoms with Gasteiger partial charge < -0.3 is 14.8 Å². The van der Waals surface area contributed by atoms with Crippen LogP contribution >= 0.6 is 0 Å². The lowest BCUT2D eigenvalue weighted by Gasteiger charge is -2.14. The molecule has 6 heteroatoms. The zero-order valence-corrected chi connectivity index (χ0v) is 20.4. The molecule has 1 aromatic heterocycles. The third kappa shape index (κ3) is 5.11. The highest BCUT2D eigenvalue weighted by Crippen LogP contribution is 2.44. The summed E-state index contributed by atoms with van der Waals surface area (Å²) >= 11 is 0. The number of hydrogen-bond acceptors (Lipinski definition) is 4. The van der Waals surface area contributed by atoms with Crippen LogP contribution in [0.3, 0.4) is 0 Å². The Labute approximate surface area is 205 Å². The van der Waals surface area contributed by atoms with Crippen LogP contribution in [-0.4, -0.2) is 25.1 Å². The molecule has 2 aromatic carbocycles. The standard InChI is InChI=1S/C29H29FN2O3/c1-5-22-27(34-3)12-20(13-28(22)35-4)11-24-18(2)25(26-14-21(30)8-9-23(24)26)15-29(33)32-17-19-7-6-10-31-16-19/h6-14,16H,5,15,17H2,1-4H3,(H,32,33)/b24-11-. The minimum atomic E-state index is -0.332. The van der Waals surface area contributed by atoms with E-state index in [9.17, 15) is 9.18 Å². The third-order valence-corrected chi connectivity index (χ3v) is 6.30. The van der Waals surface area contributed by atoms with E-state index in [1.807, 2.05) is 37.3 Å². The third-order valence-electron chi connectivity index (χ3n) is 6.30. The number of carbonyl (C=O) groups excluding carboxylic acids is 1. The first kappa shape index (κ1) is 24.2. The van der Waals surface area contributed by atoms with E-state index >= 15 is 0 Å². The summed E-state index contributed by atoms with van der Waals surface area (Å²) < 4.78 is 25.4. The summed E-state index contributed by atoms with van der Waals surface area (Å²) in [5, 5.41) is 2.94. The predicted molar refractivity (Wildman–Crippen MR) is 136 cm³/mol. The van der Waals surface area contributed by atoms with E-state index < -0.39 is 0 Å². The van der Waals surface area contributed by atoms with Gasteiger partial charge in [-0.3, -0.25) is 9.78 Å². The predicted octanol–water partition coefficient (Wildman–Crippen LogP) is 5.83. The molecular formula is C29H29FN2O3. The van der Waals surface area contributed by atoms with Gasteiger partial charge in [-0.05, 0) is 88.7 Å². The van der Waals surface area contributed by atoms with Crippen LogP contribution in [0.4, 0.5) is 4.39 Å². The van der Waals surface area contributed by atoms with Crippen molar-refractivity contribution < 1.29 is 18.7 Å². The molecule has 0 saturated carbocycles. The van der Waals surface area contributed by atoms with Crippen LogP contribution in [0.1, 0.15) is 48.1 Å². The number of ether oxygens (including phenoxy) is 2. The lowest BCUT2D eigenvalue weighted by molar-refractivity contribution is -0.120. The van der Waals surface area contributed by atoms with E-state index in [1.165, 1.54) is 12.1 Å². The highest BCUT2D eigenvalue weighted by Gasteiger charge is 2.26. The van der Waals surface area contributed by atoms with Crippen LogP contribution in [0.2, 0.25) is 0 Å². The van der Waals surface area contributed by atoms with E-state index in [-0.39, 0.29) is 18.1 Å². The van der Waals surface area contributed by atoms with Gasteiger partial charge in [-0.2, -0.15) is 0 Å². The van der Waals surface area contributed by atoms with Gasteiger partial charge in [-0.15, -0.1) is 0 Å². The minimum Gasteiger partial charge on any atom is -0.496 e.